The minimum Gasteiger partial charge on any atom is -0.300 e. The number of carbonyl (C=O) groups is 1. The Bertz CT molecular complexity index is 633. The molecule has 1 saturated carbocycles. The number of pyridine rings is 1. The molecule has 1 aliphatic carbocycles. The van der Waals surface area contributed by atoms with Crippen molar-refractivity contribution in [2.45, 2.75) is 38.5 Å². The van der Waals surface area contributed by atoms with Gasteiger partial charge in [-0.15, -0.1) is 0 Å². The van der Waals surface area contributed by atoms with Crippen LogP contribution in [0, 0.1) is 6.92 Å². The smallest absolute Gasteiger partial charge is 0.133 e. The minimum atomic E-state index is 0.355. The van der Waals surface area contributed by atoms with E-state index in [1.807, 2.05) is 12.3 Å². The van der Waals surface area contributed by atoms with Crippen molar-refractivity contribution in [1.82, 2.24) is 4.98 Å². The van der Waals surface area contributed by atoms with Crippen molar-refractivity contribution in [3.8, 4) is 11.3 Å². The molecule has 0 spiro atoms. The van der Waals surface area contributed by atoms with Crippen LogP contribution in [0.15, 0.2) is 42.6 Å². The van der Waals surface area contributed by atoms with Gasteiger partial charge >= 0.3 is 0 Å². The Morgan fingerprint density at radius 2 is 2.00 bits per heavy atom. The van der Waals surface area contributed by atoms with E-state index in [9.17, 15) is 4.79 Å². The van der Waals surface area contributed by atoms with Gasteiger partial charge in [0.2, 0.25) is 0 Å². The highest BCUT2D eigenvalue weighted by atomic mass is 16.1. The molecule has 1 aliphatic rings. The number of carbonyl (C=O) groups excluding carboxylic acids is 1. The van der Waals surface area contributed by atoms with Crippen molar-refractivity contribution in [2.75, 3.05) is 0 Å². The molecule has 0 amide bonds. The van der Waals surface area contributed by atoms with Gasteiger partial charge in [-0.1, -0.05) is 30.3 Å². The van der Waals surface area contributed by atoms with Crippen LogP contribution in [0.2, 0.25) is 0 Å². The van der Waals surface area contributed by atoms with Gasteiger partial charge in [-0.25, -0.2) is 0 Å². The maximum Gasteiger partial charge on any atom is 0.133 e. The van der Waals surface area contributed by atoms with E-state index in [1.165, 1.54) is 16.7 Å². The van der Waals surface area contributed by atoms with Gasteiger partial charge < -0.3 is 0 Å². The van der Waals surface area contributed by atoms with Crippen molar-refractivity contribution < 1.29 is 4.79 Å². The van der Waals surface area contributed by atoms with Crippen LogP contribution < -0.4 is 0 Å². The number of hydrogen-bond acceptors (Lipinski definition) is 2. The van der Waals surface area contributed by atoms with Crippen LogP contribution in [0.4, 0.5) is 0 Å². The number of aromatic nitrogens is 1. The fourth-order valence-electron chi connectivity index (χ4n) is 3.13. The lowest BCUT2D eigenvalue weighted by atomic mass is 9.80. The van der Waals surface area contributed by atoms with E-state index in [4.69, 9.17) is 0 Å². The SMILES string of the molecule is Cc1cccnc1-c1ccccc1C1CCCC(=O)C1. The Morgan fingerprint density at radius 1 is 1.15 bits per heavy atom. The van der Waals surface area contributed by atoms with Gasteiger partial charge in [-0.2, -0.15) is 0 Å². The molecule has 1 unspecified atom stereocenters. The first-order valence-electron chi connectivity index (χ1n) is 7.28. The maximum atomic E-state index is 11.7. The third-order valence-electron chi connectivity index (χ3n) is 4.15. The molecule has 2 heteroatoms. The molecule has 3 rings (SSSR count). The Balaban J connectivity index is 2.04. The van der Waals surface area contributed by atoms with Crippen molar-refractivity contribution in [2.24, 2.45) is 0 Å². The topological polar surface area (TPSA) is 30.0 Å². The van der Waals surface area contributed by atoms with Gasteiger partial charge in [0, 0.05) is 24.6 Å². The molecule has 1 aromatic carbocycles. The monoisotopic (exact) mass is 265 g/mol. The molecule has 20 heavy (non-hydrogen) atoms. The molecule has 0 aliphatic heterocycles. The van der Waals surface area contributed by atoms with Gasteiger partial charge in [0.05, 0.1) is 5.69 Å². The summed E-state index contributed by atoms with van der Waals surface area (Å²) in [5.41, 5.74) is 4.69. The summed E-state index contributed by atoms with van der Waals surface area (Å²) in [6.45, 7) is 2.09. The van der Waals surface area contributed by atoms with Crippen LogP contribution in [0.5, 0.6) is 0 Å². The molecule has 2 aromatic rings. The zero-order valence-electron chi connectivity index (χ0n) is 11.8. The predicted octanol–water partition coefficient (Wildman–Crippen LogP) is 4.28. The third-order valence-corrected chi connectivity index (χ3v) is 4.15. The first kappa shape index (κ1) is 13.0. The zero-order chi connectivity index (χ0) is 13.9. The van der Waals surface area contributed by atoms with Crippen LogP contribution in [-0.2, 0) is 4.79 Å². The van der Waals surface area contributed by atoms with Gasteiger partial charge in [-0.05, 0) is 42.9 Å². The first-order valence-corrected chi connectivity index (χ1v) is 7.28. The van der Waals surface area contributed by atoms with Crippen LogP contribution in [0.3, 0.4) is 0 Å². The molecular formula is C18H19NO. The Hall–Kier alpha value is -1.96. The van der Waals surface area contributed by atoms with Crippen molar-refractivity contribution >= 4 is 5.78 Å². The molecular weight excluding hydrogens is 246 g/mol. The summed E-state index contributed by atoms with van der Waals surface area (Å²) in [7, 11) is 0. The third kappa shape index (κ3) is 2.51. The summed E-state index contributed by atoms with van der Waals surface area (Å²) >= 11 is 0. The number of ketones is 1. The molecule has 0 bridgehead atoms. The van der Waals surface area contributed by atoms with E-state index < -0.39 is 0 Å². The molecule has 1 fully saturated rings. The standard InChI is InChI=1S/C18H19NO/c1-13-6-5-11-19-18(13)17-10-3-2-9-16(17)14-7-4-8-15(20)12-14/h2-3,5-6,9-11,14H,4,7-8,12H2,1H3. The van der Waals surface area contributed by atoms with E-state index in [0.717, 1.165) is 25.0 Å². The fraction of sp³-hybridized carbons (Fsp3) is 0.333. The lowest BCUT2D eigenvalue weighted by Gasteiger charge is -2.23. The Kier molecular flexibility index (Phi) is 3.64. The number of benzene rings is 1. The summed E-state index contributed by atoms with van der Waals surface area (Å²) in [6.07, 6.45) is 5.39. The normalized spacial score (nSPS) is 19.1. The molecule has 1 atom stereocenters. The van der Waals surface area contributed by atoms with Crippen molar-refractivity contribution in [1.29, 1.82) is 0 Å². The molecule has 1 aromatic heterocycles. The maximum absolute atomic E-state index is 11.7. The van der Waals surface area contributed by atoms with Crippen molar-refractivity contribution in [3.05, 3.63) is 53.7 Å². The molecule has 0 saturated heterocycles. The minimum absolute atomic E-state index is 0.355. The summed E-state index contributed by atoms with van der Waals surface area (Å²) in [5, 5.41) is 0. The lowest BCUT2D eigenvalue weighted by Crippen LogP contribution is -2.14. The summed E-state index contributed by atoms with van der Waals surface area (Å²) < 4.78 is 0. The van der Waals surface area contributed by atoms with E-state index in [1.54, 1.807) is 0 Å². The largest absolute Gasteiger partial charge is 0.300 e. The number of hydrogen-bond donors (Lipinski definition) is 0. The molecule has 1 heterocycles. The van der Waals surface area contributed by atoms with Gasteiger partial charge in [0.25, 0.3) is 0 Å². The van der Waals surface area contributed by atoms with Crippen LogP contribution in [0.1, 0.15) is 42.7 Å². The lowest BCUT2D eigenvalue weighted by molar-refractivity contribution is -0.120. The average Bonchev–Trinajstić information content (AvgIpc) is 2.48. The summed E-state index contributed by atoms with van der Waals surface area (Å²) in [6, 6.07) is 12.5. The fourth-order valence-corrected chi connectivity index (χ4v) is 3.13. The molecule has 102 valence electrons. The van der Waals surface area contributed by atoms with Gasteiger partial charge in [0.1, 0.15) is 5.78 Å². The average molecular weight is 265 g/mol. The van der Waals surface area contributed by atoms with E-state index in [2.05, 4.69) is 42.2 Å². The number of rotatable bonds is 2. The first-order chi connectivity index (χ1) is 9.75. The second kappa shape index (κ2) is 5.58. The van der Waals surface area contributed by atoms with Crippen molar-refractivity contribution in [3.63, 3.8) is 0 Å². The van der Waals surface area contributed by atoms with Gasteiger partial charge in [-0.3, -0.25) is 9.78 Å². The molecule has 0 N–H and O–H groups in total. The van der Waals surface area contributed by atoms with Crippen LogP contribution in [-0.4, -0.2) is 10.8 Å². The number of Topliss-reactive ketones (excluding diaryl/α,β-unsaturated/α-hetero) is 1. The molecule has 0 radical (unpaired) electrons. The van der Waals surface area contributed by atoms with Crippen LogP contribution in [0.25, 0.3) is 11.3 Å². The van der Waals surface area contributed by atoms with Gasteiger partial charge in [0.15, 0.2) is 0 Å². The van der Waals surface area contributed by atoms with E-state index in [-0.39, 0.29) is 0 Å². The number of nitrogens with zero attached hydrogens (tertiary/aromatic N) is 1. The Morgan fingerprint density at radius 3 is 2.80 bits per heavy atom. The van der Waals surface area contributed by atoms with E-state index >= 15 is 0 Å². The molecule has 2 nitrogen and oxygen atoms in total. The van der Waals surface area contributed by atoms with E-state index in [0.29, 0.717) is 18.1 Å². The van der Waals surface area contributed by atoms with Crippen LogP contribution >= 0.6 is 0 Å². The quantitative estimate of drug-likeness (QED) is 0.811. The predicted molar refractivity (Wildman–Crippen MR) is 80.6 cm³/mol. The second-order valence-electron chi connectivity index (χ2n) is 5.59. The Labute approximate surface area is 119 Å². The second-order valence-corrected chi connectivity index (χ2v) is 5.59. The zero-order valence-corrected chi connectivity index (χ0v) is 11.8. The highest BCUT2D eigenvalue weighted by Gasteiger charge is 2.23. The summed E-state index contributed by atoms with van der Waals surface area (Å²) in [5.74, 6) is 0.752. The summed E-state index contributed by atoms with van der Waals surface area (Å²) in [4.78, 5) is 16.3. The highest BCUT2D eigenvalue weighted by Crippen LogP contribution is 2.37. The highest BCUT2D eigenvalue weighted by molar-refractivity contribution is 5.81. The number of aryl methyl sites for hydroxylation is 1.